The summed E-state index contributed by atoms with van der Waals surface area (Å²) in [6.07, 6.45) is 1.35. The molecule has 0 bridgehead atoms. The van der Waals surface area contributed by atoms with Crippen LogP contribution in [0.2, 0.25) is 5.15 Å². The van der Waals surface area contributed by atoms with Crippen molar-refractivity contribution >= 4 is 27.6 Å². The second kappa shape index (κ2) is 5.86. The Bertz CT molecular complexity index is 771. The molecule has 0 saturated carbocycles. The Balaban J connectivity index is 2.17. The summed E-state index contributed by atoms with van der Waals surface area (Å²) in [5.41, 5.74) is 0.898. The van der Waals surface area contributed by atoms with Gasteiger partial charge in [-0.3, -0.25) is 4.72 Å². The molecule has 0 unspecified atom stereocenters. The van der Waals surface area contributed by atoms with Gasteiger partial charge in [0.2, 0.25) is 16.0 Å². The second-order valence-electron chi connectivity index (χ2n) is 3.88. The molecule has 1 N–H and O–H groups in total. The van der Waals surface area contributed by atoms with Crippen molar-refractivity contribution in [2.45, 2.75) is 5.75 Å². The molecule has 102 valence electrons. The Kier molecular flexibility index (Phi) is 4.17. The van der Waals surface area contributed by atoms with Crippen molar-refractivity contribution in [2.24, 2.45) is 0 Å². The topological polar surface area (TPSA) is 95.7 Å². The van der Waals surface area contributed by atoms with Gasteiger partial charge in [0.15, 0.2) is 0 Å². The standard InChI is InChI=1S/C12H9ClN4O2S/c13-11-4-5-15-12(16-11)17-20(18,19)8-10-3-1-2-9(6-10)7-14/h1-6H,8H2,(H,15,16,17). The normalized spacial score (nSPS) is 10.8. The molecule has 0 aliphatic carbocycles. The summed E-state index contributed by atoms with van der Waals surface area (Å²) in [6, 6.07) is 9.75. The van der Waals surface area contributed by atoms with Crippen LogP contribution in [-0.4, -0.2) is 18.4 Å². The van der Waals surface area contributed by atoms with Crippen molar-refractivity contribution in [1.29, 1.82) is 5.26 Å². The third kappa shape index (κ3) is 3.91. The smallest absolute Gasteiger partial charge is 0.239 e. The number of nitriles is 1. The van der Waals surface area contributed by atoms with Crippen LogP contribution in [0.15, 0.2) is 36.5 Å². The first-order valence-electron chi connectivity index (χ1n) is 5.46. The molecule has 0 aliphatic heterocycles. The highest BCUT2D eigenvalue weighted by atomic mass is 35.5. The highest BCUT2D eigenvalue weighted by molar-refractivity contribution is 7.91. The number of hydrogen-bond acceptors (Lipinski definition) is 5. The van der Waals surface area contributed by atoms with Gasteiger partial charge in [-0.05, 0) is 23.8 Å². The lowest BCUT2D eigenvalue weighted by Crippen LogP contribution is -2.16. The van der Waals surface area contributed by atoms with Gasteiger partial charge in [-0.15, -0.1) is 0 Å². The Hall–Kier alpha value is -2.17. The van der Waals surface area contributed by atoms with Gasteiger partial charge in [0, 0.05) is 6.20 Å². The van der Waals surface area contributed by atoms with Gasteiger partial charge in [0.1, 0.15) is 5.15 Å². The SMILES string of the molecule is N#Cc1cccc(CS(=O)(=O)Nc2nccc(Cl)n2)c1. The number of nitrogens with zero attached hydrogens (tertiary/aromatic N) is 3. The number of halogens is 1. The molecule has 1 aromatic heterocycles. The van der Waals surface area contributed by atoms with Crippen molar-refractivity contribution in [1.82, 2.24) is 9.97 Å². The molecule has 0 fully saturated rings. The van der Waals surface area contributed by atoms with Crippen LogP contribution >= 0.6 is 11.6 Å². The van der Waals surface area contributed by atoms with Gasteiger partial charge in [0.25, 0.3) is 0 Å². The minimum Gasteiger partial charge on any atom is -0.251 e. The predicted molar refractivity (Wildman–Crippen MR) is 74.4 cm³/mol. The second-order valence-corrected chi connectivity index (χ2v) is 5.99. The summed E-state index contributed by atoms with van der Waals surface area (Å²) in [4.78, 5) is 7.51. The molecule has 8 heteroatoms. The molecule has 6 nitrogen and oxygen atoms in total. The zero-order chi connectivity index (χ0) is 14.6. The van der Waals surface area contributed by atoms with Crippen LogP contribution in [0.5, 0.6) is 0 Å². The summed E-state index contributed by atoms with van der Waals surface area (Å²) in [7, 11) is -3.67. The Morgan fingerprint density at radius 1 is 1.35 bits per heavy atom. The van der Waals surface area contributed by atoms with Crippen molar-refractivity contribution in [3.8, 4) is 6.07 Å². The quantitative estimate of drug-likeness (QED) is 0.871. The van der Waals surface area contributed by atoms with Gasteiger partial charge in [-0.1, -0.05) is 23.7 Å². The molecule has 1 aromatic carbocycles. The van der Waals surface area contributed by atoms with Gasteiger partial charge >= 0.3 is 0 Å². The van der Waals surface area contributed by atoms with Gasteiger partial charge in [-0.2, -0.15) is 5.26 Å². The van der Waals surface area contributed by atoms with E-state index in [1.165, 1.54) is 18.3 Å². The minimum atomic E-state index is -3.67. The van der Waals surface area contributed by atoms with Gasteiger partial charge in [0.05, 0.1) is 17.4 Å². The first kappa shape index (κ1) is 14.2. The lowest BCUT2D eigenvalue weighted by Gasteiger charge is -2.06. The third-order valence-electron chi connectivity index (χ3n) is 2.28. The first-order chi connectivity index (χ1) is 9.48. The van der Waals surface area contributed by atoms with Crippen LogP contribution in [0.1, 0.15) is 11.1 Å². The molecule has 2 aromatic rings. The largest absolute Gasteiger partial charge is 0.251 e. The van der Waals surface area contributed by atoms with Crippen LogP contribution in [-0.2, 0) is 15.8 Å². The van der Waals surface area contributed by atoms with Crippen LogP contribution in [0.25, 0.3) is 0 Å². The first-order valence-corrected chi connectivity index (χ1v) is 7.49. The van der Waals surface area contributed by atoms with E-state index in [2.05, 4.69) is 14.7 Å². The number of hydrogen-bond donors (Lipinski definition) is 1. The molecule has 1 heterocycles. The molecular weight excluding hydrogens is 300 g/mol. The predicted octanol–water partition coefficient (Wildman–Crippen LogP) is 1.94. The lowest BCUT2D eigenvalue weighted by molar-refractivity contribution is 0.600. The van der Waals surface area contributed by atoms with Crippen molar-refractivity contribution in [2.75, 3.05) is 4.72 Å². The summed E-state index contributed by atoms with van der Waals surface area (Å²) >= 11 is 5.65. The summed E-state index contributed by atoms with van der Waals surface area (Å²) in [5, 5.41) is 8.92. The molecule has 0 spiro atoms. The van der Waals surface area contributed by atoms with Crippen molar-refractivity contribution in [3.63, 3.8) is 0 Å². The Morgan fingerprint density at radius 2 is 2.15 bits per heavy atom. The number of anilines is 1. The summed E-state index contributed by atoms with van der Waals surface area (Å²) < 4.78 is 26.2. The average molecular weight is 309 g/mol. The fourth-order valence-electron chi connectivity index (χ4n) is 1.51. The maximum absolute atomic E-state index is 12.0. The van der Waals surface area contributed by atoms with E-state index in [0.29, 0.717) is 11.1 Å². The average Bonchev–Trinajstić information content (AvgIpc) is 2.37. The fourth-order valence-corrected chi connectivity index (χ4v) is 2.71. The molecule has 0 atom stereocenters. The molecule has 0 radical (unpaired) electrons. The number of benzene rings is 1. The highest BCUT2D eigenvalue weighted by Gasteiger charge is 2.13. The number of rotatable bonds is 4. The molecule has 0 saturated heterocycles. The van der Waals surface area contributed by atoms with E-state index in [4.69, 9.17) is 16.9 Å². The minimum absolute atomic E-state index is 0.0889. The summed E-state index contributed by atoms with van der Waals surface area (Å²) in [6.45, 7) is 0. The van der Waals surface area contributed by atoms with Crippen molar-refractivity contribution < 1.29 is 8.42 Å². The Morgan fingerprint density at radius 3 is 2.85 bits per heavy atom. The van der Waals surface area contributed by atoms with E-state index in [-0.39, 0.29) is 16.9 Å². The number of aromatic nitrogens is 2. The van der Waals surface area contributed by atoms with Gasteiger partial charge in [-0.25, -0.2) is 18.4 Å². The van der Waals surface area contributed by atoms with Gasteiger partial charge < -0.3 is 0 Å². The molecule has 2 rings (SSSR count). The van der Waals surface area contributed by atoms with Crippen LogP contribution in [0.3, 0.4) is 0 Å². The van der Waals surface area contributed by atoms with E-state index in [9.17, 15) is 8.42 Å². The highest BCUT2D eigenvalue weighted by Crippen LogP contribution is 2.12. The van der Waals surface area contributed by atoms with E-state index >= 15 is 0 Å². The zero-order valence-electron chi connectivity index (χ0n) is 10.1. The summed E-state index contributed by atoms with van der Waals surface area (Å²) in [5.74, 6) is -0.368. The van der Waals surface area contributed by atoms with Crippen LogP contribution in [0.4, 0.5) is 5.95 Å². The number of sulfonamides is 1. The molecule has 0 aliphatic rings. The lowest BCUT2D eigenvalue weighted by atomic mass is 10.2. The van der Waals surface area contributed by atoms with E-state index in [1.807, 2.05) is 6.07 Å². The van der Waals surface area contributed by atoms with E-state index < -0.39 is 10.0 Å². The maximum atomic E-state index is 12.0. The molecular formula is C12H9ClN4O2S. The monoisotopic (exact) mass is 308 g/mol. The molecule has 0 amide bonds. The van der Waals surface area contributed by atoms with Crippen LogP contribution < -0.4 is 4.72 Å². The van der Waals surface area contributed by atoms with Crippen LogP contribution in [0, 0.1) is 11.3 Å². The maximum Gasteiger partial charge on any atom is 0.239 e. The third-order valence-corrected chi connectivity index (χ3v) is 3.70. The number of nitrogens with one attached hydrogen (secondary N) is 1. The molecule has 20 heavy (non-hydrogen) atoms. The van der Waals surface area contributed by atoms with Crippen molar-refractivity contribution in [3.05, 3.63) is 52.8 Å². The fraction of sp³-hybridized carbons (Fsp3) is 0.0833. The van der Waals surface area contributed by atoms with E-state index in [1.54, 1.807) is 18.2 Å². The zero-order valence-corrected chi connectivity index (χ0v) is 11.7. The Labute approximate surface area is 121 Å². The van der Waals surface area contributed by atoms with E-state index in [0.717, 1.165) is 0 Å².